The Morgan fingerprint density at radius 1 is 1.09 bits per heavy atom. The second-order valence-electron chi connectivity index (χ2n) is 4.90. The highest BCUT2D eigenvalue weighted by Gasteiger charge is 2.37. The van der Waals surface area contributed by atoms with Gasteiger partial charge in [0, 0.05) is 0 Å². The summed E-state index contributed by atoms with van der Waals surface area (Å²) < 4.78 is 0. The summed E-state index contributed by atoms with van der Waals surface area (Å²) in [5.74, 6) is -0.118. The van der Waals surface area contributed by atoms with E-state index in [1.807, 2.05) is 30.3 Å². The number of amides is 2. The minimum Gasteiger partial charge on any atom is -0.346 e. The number of carbonyl (C=O) groups excluding carboxylic acids is 2. The fourth-order valence-electron chi connectivity index (χ4n) is 2.40. The average Bonchev–Trinajstić information content (AvgIpc) is 2.89. The van der Waals surface area contributed by atoms with Crippen LogP contribution < -0.4 is 21.1 Å². The van der Waals surface area contributed by atoms with E-state index >= 15 is 0 Å². The number of benzene rings is 2. The maximum atomic E-state index is 12.7. The second kappa shape index (κ2) is 6.45. The van der Waals surface area contributed by atoms with Gasteiger partial charge in [0.2, 0.25) is 6.41 Å². The van der Waals surface area contributed by atoms with E-state index in [2.05, 4.69) is 16.2 Å². The zero-order valence-corrected chi connectivity index (χ0v) is 12.8. The van der Waals surface area contributed by atoms with Gasteiger partial charge < -0.3 is 5.32 Å². The van der Waals surface area contributed by atoms with Gasteiger partial charge in [-0.25, -0.2) is 0 Å². The quantitative estimate of drug-likeness (QED) is 0.443. The highest BCUT2D eigenvalue weighted by molar-refractivity contribution is 7.80. The van der Waals surface area contributed by atoms with E-state index in [0.29, 0.717) is 22.9 Å². The molecule has 1 unspecified atom stereocenters. The second-order valence-corrected chi connectivity index (χ2v) is 5.29. The van der Waals surface area contributed by atoms with Crippen LogP contribution >= 0.6 is 12.2 Å². The summed E-state index contributed by atoms with van der Waals surface area (Å²) in [6.07, 6.45) is 0.543. The molecule has 1 atom stereocenters. The van der Waals surface area contributed by atoms with Gasteiger partial charge >= 0.3 is 0 Å². The molecular formula is C16H14N4O2S. The molecule has 23 heavy (non-hydrogen) atoms. The van der Waals surface area contributed by atoms with Crippen LogP contribution in [0.3, 0.4) is 0 Å². The molecule has 0 spiro atoms. The largest absolute Gasteiger partial charge is 0.346 e. The van der Waals surface area contributed by atoms with Crippen molar-refractivity contribution >= 4 is 41.0 Å². The Balaban J connectivity index is 1.81. The normalized spacial score (nSPS) is 16.9. The standard InChI is InChI=1S/C16H14N4O2S/c21-10-17-19-12-6-8-13(9-7-12)20-15(22)14(18-16(20)23)11-4-2-1-3-5-11/h1-10,14,19H,(H,17,21)(H,18,23). The van der Waals surface area contributed by atoms with Crippen molar-refractivity contribution in [3.05, 3.63) is 60.2 Å². The van der Waals surface area contributed by atoms with Crippen molar-refractivity contribution in [3.8, 4) is 0 Å². The van der Waals surface area contributed by atoms with Gasteiger partial charge in [-0.15, -0.1) is 0 Å². The summed E-state index contributed by atoms with van der Waals surface area (Å²) in [4.78, 5) is 24.4. The summed E-state index contributed by atoms with van der Waals surface area (Å²) in [5, 5.41) is 3.42. The van der Waals surface area contributed by atoms with Gasteiger partial charge in [0.25, 0.3) is 5.91 Å². The van der Waals surface area contributed by atoms with E-state index in [1.165, 1.54) is 4.90 Å². The molecule has 2 amide bonds. The first-order chi connectivity index (χ1) is 11.2. The molecular weight excluding hydrogens is 312 g/mol. The monoisotopic (exact) mass is 326 g/mol. The Morgan fingerprint density at radius 2 is 1.78 bits per heavy atom. The number of hydrogen-bond donors (Lipinski definition) is 3. The minimum atomic E-state index is -0.474. The first-order valence-electron chi connectivity index (χ1n) is 6.95. The molecule has 0 radical (unpaired) electrons. The lowest BCUT2D eigenvalue weighted by Crippen LogP contribution is -2.30. The molecule has 6 nitrogen and oxygen atoms in total. The summed E-state index contributed by atoms with van der Waals surface area (Å²) in [7, 11) is 0. The Morgan fingerprint density at radius 3 is 2.43 bits per heavy atom. The van der Waals surface area contributed by atoms with Gasteiger partial charge in [-0.1, -0.05) is 30.3 Å². The predicted octanol–water partition coefficient (Wildman–Crippen LogP) is 1.72. The third-order valence-corrected chi connectivity index (χ3v) is 3.77. The predicted molar refractivity (Wildman–Crippen MR) is 91.7 cm³/mol. The van der Waals surface area contributed by atoms with E-state index in [1.54, 1.807) is 24.3 Å². The number of thiocarbonyl (C=S) groups is 1. The van der Waals surface area contributed by atoms with Crippen molar-refractivity contribution in [1.82, 2.24) is 10.7 Å². The first-order valence-corrected chi connectivity index (χ1v) is 7.36. The molecule has 1 saturated heterocycles. The molecule has 0 bridgehead atoms. The zero-order valence-electron chi connectivity index (χ0n) is 12.0. The Bertz CT molecular complexity index is 734. The van der Waals surface area contributed by atoms with Gasteiger partial charge in [-0.05, 0) is 42.0 Å². The molecule has 7 heteroatoms. The van der Waals surface area contributed by atoms with Crippen LogP contribution in [0.4, 0.5) is 11.4 Å². The molecule has 1 aliphatic heterocycles. The zero-order chi connectivity index (χ0) is 16.2. The topological polar surface area (TPSA) is 73.5 Å². The van der Waals surface area contributed by atoms with Crippen LogP contribution in [0.1, 0.15) is 11.6 Å². The number of nitrogens with zero attached hydrogens (tertiary/aromatic N) is 1. The lowest BCUT2D eigenvalue weighted by atomic mass is 10.1. The number of anilines is 2. The van der Waals surface area contributed by atoms with E-state index in [-0.39, 0.29) is 5.91 Å². The van der Waals surface area contributed by atoms with Gasteiger partial charge in [-0.3, -0.25) is 25.3 Å². The van der Waals surface area contributed by atoms with Crippen LogP contribution in [0.15, 0.2) is 54.6 Å². The van der Waals surface area contributed by atoms with Crippen molar-refractivity contribution in [1.29, 1.82) is 0 Å². The van der Waals surface area contributed by atoms with Crippen LogP contribution in [0.25, 0.3) is 0 Å². The van der Waals surface area contributed by atoms with E-state index in [0.717, 1.165) is 5.56 Å². The first kappa shape index (κ1) is 15.0. The van der Waals surface area contributed by atoms with Crippen molar-refractivity contribution in [3.63, 3.8) is 0 Å². The van der Waals surface area contributed by atoms with Crippen molar-refractivity contribution in [2.75, 3.05) is 10.3 Å². The van der Waals surface area contributed by atoms with Crippen molar-refractivity contribution in [2.45, 2.75) is 6.04 Å². The third kappa shape index (κ3) is 3.00. The SMILES string of the molecule is O=CNNc1ccc(N2C(=O)C(c3ccccc3)NC2=S)cc1. The third-order valence-electron chi connectivity index (χ3n) is 3.47. The van der Waals surface area contributed by atoms with Crippen LogP contribution in [-0.2, 0) is 9.59 Å². The van der Waals surface area contributed by atoms with Crippen LogP contribution in [0.5, 0.6) is 0 Å². The van der Waals surface area contributed by atoms with Gasteiger partial charge in [0.15, 0.2) is 5.11 Å². The number of carbonyl (C=O) groups is 2. The molecule has 116 valence electrons. The molecule has 2 aromatic rings. The lowest BCUT2D eigenvalue weighted by molar-refractivity contribution is -0.118. The molecule has 2 aromatic carbocycles. The van der Waals surface area contributed by atoms with E-state index in [9.17, 15) is 9.59 Å². The van der Waals surface area contributed by atoms with E-state index in [4.69, 9.17) is 12.2 Å². The molecule has 0 aromatic heterocycles. The van der Waals surface area contributed by atoms with Gasteiger partial charge in [0.1, 0.15) is 6.04 Å². The lowest BCUT2D eigenvalue weighted by Gasteiger charge is -2.15. The van der Waals surface area contributed by atoms with E-state index < -0.39 is 6.04 Å². The molecule has 3 N–H and O–H groups in total. The number of hydrazine groups is 1. The molecule has 1 aliphatic rings. The number of rotatable bonds is 5. The molecule has 1 fully saturated rings. The highest BCUT2D eigenvalue weighted by Crippen LogP contribution is 2.27. The fraction of sp³-hybridized carbons (Fsp3) is 0.0625. The number of hydrogen-bond acceptors (Lipinski definition) is 4. The summed E-state index contributed by atoms with van der Waals surface area (Å²) >= 11 is 5.30. The van der Waals surface area contributed by atoms with Crippen molar-refractivity contribution < 1.29 is 9.59 Å². The molecule has 0 saturated carbocycles. The Kier molecular flexibility index (Phi) is 4.20. The van der Waals surface area contributed by atoms with Gasteiger partial charge in [0.05, 0.1) is 11.4 Å². The maximum absolute atomic E-state index is 12.7. The number of nitrogens with one attached hydrogen (secondary N) is 3. The van der Waals surface area contributed by atoms with Crippen LogP contribution in [0.2, 0.25) is 0 Å². The minimum absolute atomic E-state index is 0.118. The van der Waals surface area contributed by atoms with Crippen LogP contribution in [0, 0.1) is 0 Å². The maximum Gasteiger partial charge on any atom is 0.260 e. The fourth-order valence-corrected chi connectivity index (χ4v) is 2.71. The van der Waals surface area contributed by atoms with Gasteiger partial charge in [-0.2, -0.15) is 0 Å². The molecule has 0 aliphatic carbocycles. The Hall–Kier alpha value is -2.93. The molecule has 3 rings (SSSR count). The van der Waals surface area contributed by atoms with Crippen molar-refractivity contribution in [2.24, 2.45) is 0 Å². The molecule has 1 heterocycles. The smallest absolute Gasteiger partial charge is 0.260 e. The summed E-state index contributed by atoms with van der Waals surface area (Å²) in [6, 6.07) is 16.0. The Labute approximate surface area is 138 Å². The summed E-state index contributed by atoms with van der Waals surface area (Å²) in [5.41, 5.74) is 7.29. The summed E-state index contributed by atoms with van der Waals surface area (Å²) in [6.45, 7) is 0. The highest BCUT2D eigenvalue weighted by atomic mass is 32.1. The average molecular weight is 326 g/mol. The van der Waals surface area contributed by atoms with Crippen LogP contribution in [-0.4, -0.2) is 17.4 Å².